The minimum atomic E-state index is -0.204. The van der Waals surface area contributed by atoms with E-state index in [1.54, 1.807) is 12.1 Å². The van der Waals surface area contributed by atoms with E-state index in [0.717, 1.165) is 5.69 Å². The van der Waals surface area contributed by atoms with Crippen molar-refractivity contribution in [3.8, 4) is 11.5 Å². The van der Waals surface area contributed by atoms with E-state index in [1.807, 2.05) is 19.1 Å². The van der Waals surface area contributed by atoms with Crippen molar-refractivity contribution >= 4 is 17.3 Å². The molecule has 4 N–H and O–H groups in total. The summed E-state index contributed by atoms with van der Waals surface area (Å²) in [6, 6.07) is 11.5. The van der Waals surface area contributed by atoms with Gasteiger partial charge in [-0.15, -0.1) is 0 Å². The normalized spacial score (nSPS) is 11.7. The van der Waals surface area contributed by atoms with E-state index >= 15 is 0 Å². The van der Waals surface area contributed by atoms with Crippen molar-refractivity contribution < 1.29 is 15.0 Å². The number of phenols is 2. The zero-order valence-electron chi connectivity index (χ0n) is 11.9. The summed E-state index contributed by atoms with van der Waals surface area (Å²) < 4.78 is 0. The van der Waals surface area contributed by atoms with Crippen LogP contribution in [0.5, 0.6) is 11.5 Å². The standard InChI is InChI=1S/C16H18N2O3/c1-10(15-9-14(20)6-7-16(15)21)17-12-4-3-5-13(8-12)18-11(2)19/h3-10,17,20-21H,1-2H3,(H,18,19). The summed E-state index contributed by atoms with van der Waals surface area (Å²) in [5.41, 5.74) is 2.09. The molecule has 1 amide bonds. The molecule has 2 rings (SSSR count). The van der Waals surface area contributed by atoms with Crippen molar-refractivity contribution in [1.29, 1.82) is 0 Å². The molecule has 1 atom stereocenters. The number of anilines is 2. The average molecular weight is 286 g/mol. The topological polar surface area (TPSA) is 81.6 Å². The number of aromatic hydroxyl groups is 2. The number of hydrogen-bond donors (Lipinski definition) is 4. The molecule has 0 saturated heterocycles. The van der Waals surface area contributed by atoms with Crippen molar-refractivity contribution in [2.75, 3.05) is 10.6 Å². The first-order chi connectivity index (χ1) is 9.95. The van der Waals surface area contributed by atoms with Crippen LogP contribution in [0, 0.1) is 0 Å². The molecule has 5 nitrogen and oxygen atoms in total. The zero-order chi connectivity index (χ0) is 15.4. The third kappa shape index (κ3) is 3.89. The molecule has 0 saturated carbocycles. The molecule has 2 aromatic carbocycles. The Bertz CT molecular complexity index is 656. The lowest BCUT2D eigenvalue weighted by Crippen LogP contribution is -2.09. The van der Waals surface area contributed by atoms with Gasteiger partial charge in [0.15, 0.2) is 0 Å². The summed E-state index contributed by atoms with van der Waals surface area (Å²) in [4.78, 5) is 11.1. The molecular weight excluding hydrogens is 268 g/mol. The maximum atomic E-state index is 11.1. The van der Waals surface area contributed by atoms with E-state index in [2.05, 4.69) is 10.6 Å². The van der Waals surface area contributed by atoms with Crippen LogP contribution in [0.15, 0.2) is 42.5 Å². The molecule has 0 aliphatic heterocycles. The van der Waals surface area contributed by atoms with Gasteiger partial charge in [-0.3, -0.25) is 4.79 Å². The van der Waals surface area contributed by atoms with Crippen LogP contribution in [0.1, 0.15) is 25.5 Å². The molecular formula is C16H18N2O3. The van der Waals surface area contributed by atoms with E-state index in [9.17, 15) is 15.0 Å². The highest BCUT2D eigenvalue weighted by molar-refractivity contribution is 5.89. The molecule has 110 valence electrons. The third-order valence-corrected chi connectivity index (χ3v) is 3.04. The number of hydrogen-bond acceptors (Lipinski definition) is 4. The lowest BCUT2D eigenvalue weighted by molar-refractivity contribution is -0.114. The Labute approximate surface area is 123 Å². The number of carbonyl (C=O) groups is 1. The number of benzene rings is 2. The average Bonchev–Trinajstić information content (AvgIpc) is 2.41. The van der Waals surface area contributed by atoms with E-state index in [0.29, 0.717) is 11.3 Å². The second-order valence-electron chi connectivity index (χ2n) is 4.87. The molecule has 0 fully saturated rings. The highest BCUT2D eigenvalue weighted by Crippen LogP contribution is 2.30. The number of phenolic OH excluding ortho intramolecular Hbond substituents is 2. The Hall–Kier alpha value is -2.69. The fourth-order valence-corrected chi connectivity index (χ4v) is 2.11. The van der Waals surface area contributed by atoms with Crippen LogP contribution in [0.2, 0.25) is 0 Å². The maximum absolute atomic E-state index is 11.1. The molecule has 0 aliphatic rings. The minimum Gasteiger partial charge on any atom is -0.508 e. The Morgan fingerprint density at radius 2 is 1.81 bits per heavy atom. The predicted molar refractivity (Wildman–Crippen MR) is 82.6 cm³/mol. The second-order valence-corrected chi connectivity index (χ2v) is 4.87. The smallest absolute Gasteiger partial charge is 0.221 e. The second kappa shape index (κ2) is 6.17. The SMILES string of the molecule is CC(=O)Nc1cccc(NC(C)c2cc(O)ccc2O)c1. The van der Waals surface area contributed by atoms with Gasteiger partial charge in [0.1, 0.15) is 11.5 Å². The van der Waals surface area contributed by atoms with Crippen LogP contribution in [0.25, 0.3) is 0 Å². The van der Waals surface area contributed by atoms with Gasteiger partial charge in [0.05, 0.1) is 6.04 Å². The van der Waals surface area contributed by atoms with Gasteiger partial charge in [0, 0.05) is 23.9 Å². The van der Waals surface area contributed by atoms with Gasteiger partial charge in [-0.1, -0.05) is 6.07 Å². The van der Waals surface area contributed by atoms with E-state index in [-0.39, 0.29) is 23.4 Å². The molecule has 5 heteroatoms. The molecule has 0 aliphatic carbocycles. The number of amides is 1. The minimum absolute atomic E-state index is 0.100. The van der Waals surface area contributed by atoms with Gasteiger partial charge in [0.2, 0.25) is 5.91 Å². The zero-order valence-corrected chi connectivity index (χ0v) is 11.9. The quantitative estimate of drug-likeness (QED) is 0.650. The Morgan fingerprint density at radius 3 is 2.52 bits per heavy atom. The Morgan fingerprint density at radius 1 is 1.10 bits per heavy atom. The molecule has 2 aromatic rings. The summed E-state index contributed by atoms with van der Waals surface area (Å²) in [7, 11) is 0. The third-order valence-electron chi connectivity index (χ3n) is 3.04. The molecule has 0 bridgehead atoms. The maximum Gasteiger partial charge on any atom is 0.221 e. The molecule has 1 unspecified atom stereocenters. The van der Waals surface area contributed by atoms with Crippen molar-refractivity contribution in [3.63, 3.8) is 0 Å². The van der Waals surface area contributed by atoms with E-state index in [4.69, 9.17) is 0 Å². The Balaban J connectivity index is 2.17. The largest absolute Gasteiger partial charge is 0.508 e. The summed E-state index contributed by atoms with van der Waals surface area (Å²) in [6.45, 7) is 3.33. The molecule has 0 radical (unpaired) electrons. The van der Waals surface area contributed by atoms with E-state index < -0.39 is 0 Å². The van der Waals surface area contributed by atoms with Gasteiger partial charge in [-0.2, -0.15) is 0 Å². The number of rotatable bonds is 4. The first kappa shape index (κ1) is 14.7. The summed E-state index contributed by atoms with van der Waals surface area (Å²) >= 11 is 0. The van der Waals surface area contributed by atoms with Gasteiger partial charge >= 0.3 is 0 Å². The summed E-state index contributed by atoms with van der Waals surface area (Å²) in [6.07, 6.45) is 0. The van der Waals surface area contributed by atoms with Crippen molar-refractivity contribution in [2.24, 2.45) is 0 Å². The van der Waals surface area contributed by atoms with Gasteiger partial charge in [-0.05, 0) is 43.3 Å². The van der Waals surface area contributed by atoms with Crippen LogP contribution < -0.4 is 10.6 Å². The van der Waals surface area contributed by atoms with Crippen LogP contribution in [0.3, 0.4) is 0 Å². The monoisotopic (exact) mass is 286 g/mol. The number of nitrogens with one attached hydrogen (secondary N) is 2. The molecule has 0 spiro atoms. The van der Waals surface area contributed by atoms with Crippen LogP contribution in [0.4, 0.5) is 11.4 Å². The van der Waals surface area contributed by atoms with Crippen molar-refractivity contribution in [2.45, 2.75) is 19.9 Å². The lowest BCUT2D eigenvalue weighted by atomic mass is 10.1. The van der Waals surface area contributed by atoms with Crippen LogP contribution in [-0.2, 0) is 4.79 Å². The first-order valence-corrected chi connectivity index (χ1v) is 6.62. The predicted octanol–water partition coefficient (Wildman–Crippen LogP) is 3.23. The van der Waals surface area contributed by atoms with E-state index in [1.165, 1.54) is 25.1 Å². The number of carbonyl (C=O) groups excluding carboxylic acids is 1. The molecule has 21 heavy (non-hydrogen) atoms. The fraction of sp³-hybridized carbons (Fsp3) is 0.188. The Kier molecular flexibility index (Phi) is 4.33. The van der Waals surface area contributed by atoms with Gasteiger partial charge in [-0.25, -0.2) is 0 Å². The highest BCUT2D eigenvalue weighted by atomic mass is 16.3. The lowest BCUT2D eigenvalue weighted by Gasteiger charge is -2.17. The van der Waals surface area contributed by atoms with Crippen molar-refractivity contribution in [3.05, 3.63) is 48.0 Å². The van der Waals surface area contributed by atoms with Gasteiger partial charge < -0.3 is 20.8 Å². The van der Waals surface area contributed by atoms with Crippen molar-refractivity contribution in [1.82, 2.24) is 0 Å². The molecule has 0 aromatic heterocycles. The summed E-state index contributed by atoms with van der Waals surface area (Å²) in [5.74, 6) is 0.0834. The highest BCUT2D eigenvalue weighted by Gasteiger charge is 2.11. The summed E-state index contributed by atoms with van der Waals surface area (Å²) in [5, 5.41) is 25.3. The molecule has 0 heterocycles. The fourth-order valence-electron chi connectivity index (χ4n) is 2.11. The van der Waals surface area contributed by atoms with Crippen LogP contribution >= 0.6 is 0 Å². The van der Waals surface area contributed by atoms with Crippen LogP contribution in [-0.4, -0.2) is 16.1 Å². The van der Waals surface area contributed by atoms with Gasteiger partial charge in [0.25, 0.3) is 0 Å². The first-order valence-electron chi connectivity index (χ1n) is 6.62.